The Bertz CT molecular complexity index is 448. The van der Waals surface area contributed by atoms with Crippen molar-refractivity contribution < 1.29 is 17.6 Å². The predicted molar refractivity (Wildman–Crippen MR) is 78.8 cm³/mol. The van der Waals surface area contributed by atoms with Gasteiger partial charge in [0.05, 0.1) is 5.56 Å². The highest BCUT2D eigenvalue weighted by Gasteiger charge is 2.35. The molecule has 0 saturated carbocycles. The zero-order valence-electron chi connectivity index (χ0n) is 11.4. The van der Waals surface area contributed by atoms with Crippen molar-refractivity contribution in [3.63, 3.8) is 0 Å². The molecule has 8 heteroatoms. The Hall–Kier alpha value is -0.560. The molecule has 1 aliphatic rings. The summed E-state index contributed by atoms with van der Waals surface area (Å²) in [5, 5.41) is 3.14. The molecule has 122 valence electrons. The summed E-state index contributed by atoms with van der Waals surface area (Å²) in [6, 6.07) is 2.23. The van der Waals surface area contributed by atoms with Crippen molar-refractivity contribution in [1.82, 2.24) is 10.2 Å². The molecule has 0 amide bonds. The highest BCUT2D eigenvalue weighted by Crippen LogP contribution is 2.36. The number of alkyl halides is 3. The van der Waals surface area contributed by atoms with E-state index in [1.54, 1.807) is 6.92 Å². The SMILES string of the molecule is C[C@@H](c1cc(F)ccc1C(F)(F)F)N1CCNCC1.Cl.Cl. The quantitative estimate of drug-likeness (QED) is 0.820. The molecule has 0 spiro atoms. The Morgan fingerprint density at radius 1 is 1.14 bits per heavy atom. The Kier molecular flexibility index (Phi) is 7.95. The van der Waals surface area contributed by atoms with Gasteiger partial charge >= 0.3 is 6.18 Å². The van der Waals surface area contributed by atoms with E-state index in [9.17, 15) is 17.6 Å². The topological polar surface area (TPSA) is 15.3 Å². The van der Waals surface area contributed by atoms with Gasteiger partial charge in [-0.3, -0.25) is 4.90 Å². The molecule has 21 heavy (non-hydrogen) atoms. The molecule has 0 radical (unpaired) electrons. The van der Waals surface area contributed by atoms with E-state index in [4.69, 9.17) is 0 Å². The fourth-order valence-corrected chi connectivity index (χ4v) is 2.40. The smallest absolute Gasteiger partial charge is 0.314 e. The lowest BCUT2D eigenvalue weighted by Crippen LogP contribution is -2.44. The first-order valence-electron chi connectivity index (χ1n) is 6.21. The monoisotopic (exact) mass is 348 g/mol. The van der Waals surface area contributed by atoms with Crippen molar-refractivity contribution >= 4 is 24.8 Å². The van der Waals surface area contributed by atoms with Crippen LogP contribution >= 0.6 is 24.8 Å². The van der Waals surface area contributed by atoms with Gasteiger partial charge in [-0.05, 0) is 30.7 Å². The lowest BCUT2D eigenvalue weighted by molar-refractivity contribution is -0.138. The van der Waals surface area contributed by atoms with Crippen LogP contribution in [-0.2, 0) is 6.18 Å². The van der Waals surface area contributed by atoms with Crippen molar-refractivity contribution in [3.05, 3.63) is 35.1 Å². The number of hydrogen-bond acceptors (Lipinski definition) is 2. The fourth-order valence-electron chi connectivity index (χ4n) is 2.40. The normalized spacial score (nSPS) is 17.6. The van der Waals surface area contributed by atoms with E-state index in [0.29, 0.717) is 13.1 Å². The summed E-state index contributed by atoms with van der Waals surface area (Å²) in [5.41, 5.74) is -0.741. The van der Waals surface area contributed by atoms with E-state index in [2.05, 4.69) is 5.32 Å². The largest absolute Gasteiger partial charge is 0.416 e. The van der Waals surface area contributed by atoms with Crippen LogP contribution in [0.3, 0.4) is 0 Å². The number of halogens is 6. The van der Waals surface area contributed by atoms with Crippen molar-refractivity contribution in [3.8, 4) is 0 Å². The maximum atomic E-state index is 13.3. The van der Waals surface area contributed by atoms with Crippen molar-refractivity contribution in [2.45, 2.75) is 19.1 Å². The number of nitrogens with zero attached hydrogens (tertiary/aromatic N) is 1. The summed E-state index contributed by atoms with van der Waals surface area (Å²) < 4.78 is 52.1. The average Bonchev–Trinajstić information content (AvgIpc) is 2.37. The van der Waals surface area contributed by atoms with E-state index in [0.717, 1.165) is 31.3 Å². The molecule has 1 aliphatic heterocycles. The van der Waals surface area contributed by atoms with Gasteiger partial charge in [-0.25, -0.2) is 4.39 Å². The number of rotatable bonds is 2. The van der Waals surface area contributed by atoms with Crippen LogP contribution in [0.25, 0.3) is 0 Å². The van der Waals surface area contributed by atoms with Gasteiger partial charge in [-0.15, -0.1) is 24.8 Å². The Morgan fingerprint density at radius 2 is 1.71 bits per heavy atom. The fraction of sp³-hybridized carbons (Fsp3) is 0.538. The van der Waals surface area contributed by atoms with E-state index in [1.165, 1.54) is 0 Å². The van der Waals surface area contributed by atoms with E-state index >= 15 is 0 Å². The number of hydrogen-bond donors (Lipinski definition) is 1. The van der Waals surface area contributed by atoms with Gasteiger partial charge in [0.15, 0.2) is 0 Å². The molecular formula is C13H18Cl2F4N2. The first-order valence-corrected chi connectivity index (χ1v) is 6.21. The van der Waals surface area contributed by atoms with Crippen LogP contribution in [0, 0.1) is 5.82 Å². The van der Waals surface area contributed by atoms with E-state index in [1.807, 2.05) is 4.90 Å². The number of benzene rings is 1. The predicted octanol–water partition coefficient (Wildman–Crippen LogP) is 3.65. The molecule has 1 aromatic carbocycles. The maximum Gasteiger partial charge on any atom is 0.416 e. The third-order valence-corrected chi connectivity index (χ3v) is 3.47. The third-order valence-electron chi connectivity index (χ3n) is 3.47. The second kappa shape index (κ2) is 8.17. The molecule has 0 aliphatic carbocycles. The van der Waals surface area contributed by atoms with Gasteiger partial charge < -0.3 is 5.32 Å². The van der Waals surface area contributed by atoms with Crippen molar-refractivity contribution in [1.29, 1.82) is 0 Å². The molecule has 1 atom stereocenters. The minimum Gasteiger partial charge on any atom is -0.314 e. The summed E-state index contributed by atoms with van der Waals surface area (Å²) in [6.07, 6.45) is -4.45. The Labute approximate surface area is 133 Å². The molecule has 2 nitrogen and oxygen atoms in total. The van der Waals surface area contributed by atoms with Gasteiger partial charge in [0.25, 0.3) is 0 Å². The molecule has 0 bridgehead atoms. The summed E-state index contributed by atoms with van der Waals surface area (Å²) in [6.45, 7) is 4.49. The molecule has 1 saturated heterocycles. The summed E-state index contributed by atoms with van der Waals surface area (Å²) in [4.78, 5) is 1.93. The minimum absolute atomic E-state index is 0. The van der Waals surface area contributed by atoms with E-state index < -0.39 is 23.6 Å². The Morgan fingerprint density at radius 3 is 2.24 bits per heavy atom. The second-order valence-electron chi connectivity index (χ2n) is 4.69. The van der Waals surface area contributed by atoms with Crippen LogP contribution in [0.5, 0.6) is 0 Å². The van der Waals surface area contributed by atoms with Crippen LogP contribution in [0.15, 0.2) is 18.2 Å². The molecule has 1 heterocycles. The molecular weight excluding hydrogens is 331 g/mol. The van der Waals surface area contributed by atoms with Gasteiger partial charge in [-0.1, -0.05) is 0 Å². The molecule has 1 fully saturated rings. The van der Waals surface area contributed by atoms with Gasteiger partial charge in [0.2, 0.25) is 0 Å². The lowest BCUT2D eigenvalue weighted by Gasteiger charge is -2.34. The zero-order valence-corrected chi connectivity index (χ0v) is 13.0. The highest BCUT2D eigenvalue weighted by atomic mass is 35.5. The first kappa shape index (κ1) is 20.4. The second-order valence-corrected chi connectivity index (χ2v) is 4.69. The summed E-state index contributed by atoms with van der Waals surface area (Å²) >= 11 is 0. The van der Waals surface area contributed by atoms with Crippen LogP contribution < -0.4 is 5.32 Å². The van der Waals surface area contributed by atoms with E-state index in [-0.39, 0.29) is 30.4 Å². The molecule has 1 N–H and O–H groups in total. The minimum atomic E-state index is -4.45. The van der Waals surface area contributed by atoms with Crippen LogP contribution in [0.2, 0.25) is 0 Å². The standard InChI is InChI=1S/C13H16F4N2.2ClH/c1-9(19-6-4-18-5-7-19)11-8-10(14)2-3-12(11)13(15,16)17;;/h2-3,8-9,18H,4-7H2,1H3;2*1H/t9-;;/m0../s1. The first-order chi connectivity index (χ1) is 8.89. The maximum absolute atomic E-state index is 13.3. The molecule has 0 unspecified atom stereocenters. The van der Waals surface area contributed by atoms with Crippen LogP contribution in [-0.4, -0.2) is 31.1 Å². The Balaban J connectivity index is 0.00000200. The molecule has 1 aromatic rings. The zero-order chi connectivity index (χ0) is 14.0. The molecule has 0 aromatic heterocycles. The average molecular weight is 349 g/mol. The van der Waals surface area contributed by atoms with Gasteiger partial charge in [0.1, 0.15) is 5.82 Å². The summed E-state index contributed by atoms with van der Waals surface area (Å²) in [5.74, 6) is -0.634. The van der Waals surface area contributed by atoms with Crippen molar-refractivity contribution in [2.24, 2.45) is 0 Å². The number of piperazine rings is 1. The molecule has 2 rings (SSSR count). The van der Waals surface area contributed by atoms with Gasteiger partial charge in [0, 0.05) is 32.2 Å². The van der Waals surface area contributed by atoms with Crippen LogP contribution in [0.1, 0.15) is 24.1 Å². The third kappa shape index (κ3) is 4.98. The van der Waals surface area contributed by atoms with Crippen molar-refractivity contribution in [2.75, 3.05) is 26.2 Å². The summed E-state index contributed by atoms with van der Waals surface area (Å²) in [7, 11) is 0. The highest BCUT2D eigenvalue weighted by molar-refractivity contribution is 5.85. The number of nitrogens with one attached hydrogen (secondary N) is 1. The lowest BCUT2D eigenvalue weighted by atomic mass is 9.99. The van der Waals surface area contributed by atoms with Crippen LogP contribution in [0.4, 0.5) is 17.6 Å². The van der Waals surface area contributed by atoms with Gasteiger partial charge in [-0.2, -0.15) is 13.2 Å².